The molecule has 0 radical (unpaired) electrons. The molecule has 4 aliphatic rings. The van der Waals surface area contributed by atoms with Crippen LogP contribution in [0.2, 0.25) is 0 Å². The molecule has 2 aromatic rings. The first-order valence-electron chi connectivity index (χ1n) is 19.0. The Morgan fingerprint density at radius 2 is 1.57 bits per heavy atom. The molecule has 2 saturated heterocycles. The predicted octanol–water partition coefficient (Wildman–Crippen LogP) is 5.99. The highest BCUT2D eigenvalue weighted by atomic mass is 79.9. The number of carbonyl (C=O) groups excluding carboxylic acids is 4. The minimum Gasteiger partial charge on any atom is -0.455 e. The van der Waals surface area contributed by atoms with E-state index in [0.29, 0.717) is 29.3 Å². The van der Waals surface area contributed by atoms with Crippen molar-refractivity contribution >= 4 is 39.6 Å². The number of aliphatic hydroxyl groups excluding tert-OH is 1. The Kier molecular flexibility index (Phi) is 11.4. The molecule has 54 heavy (non-hydrogen) atoms. The number of cyclic esters (lactones) is 1. The molecule has 1 N–H and O–H groups in total. The maximum absolute atomic E-state index is 15.6. The quantitative estimate of drug-likeness (QED) is 0.270. The van der Waals surface area contributed by atoms with Gasteiger partial charge in [0, 0.05) is 30.0 Å². The van der Waals surface area contributed by atoms with E-state index in [1.54, 1.807) is 22.9 Å². The number of esters is 1. The lowest BCUT2D eigenvalue weighted by Gasteiger charge is -2.46. The Balaban J connectivity index is 1.52. The third-order valence-corrected chi connectivity index (χ3v) is 12.2. The Morgan fingerprint density at radius 3 is 2.20 bits per heavy atom. The van der Waals surface area contributed by atoms with Crippen LogP contribution >= 0.6 is 15.9 Å². The summed E-state index contributed by atoms with van der Waals surface area (Å²) >= 11 is 3.67. The minimum atomic E-state index is -1.51. The van der Waals surface area contributed by atoms with E-state index in [9.17, 15) is 14.7 Å². The summed E-state index contributed by atoms with van der Waals surface area (Å²) in [5, 5.41) is 11.0. The van der Waals surface area contributed by atoms with Gasteiger partial charge in [0.25, 0.3) is 0 Å². The fraction of sp³-hybridized carbons (Fsp3) is 0.535. The standard InChI is InChI=1S/C43H54BrN3O7/c1-27-35(29-19-13-9-14-20-29)53-40(52)33-34-38(50)47(30(25-48)23-28-17-11-8-12-18-28)37(43(34)24-31(44)36(33)54-43)39(51)46(42(5,6)26-41(2,3)4)22-16-10-15-21-32(49)45(27)7/h8-14,16-20,24,27,30,33-37,48H,15,21-23,25-26H2,1-7H3/b16-10-/t27-,30-,33+,34-,35+,36+,37+,43-/m1/s1. The van der Waals surface area contributed by atoms with Crippen LogP contribution in [0.4, 0.5) is 0 Å². The molecule has 2 aromatic carbocycles. The number of likely N-dealkylation sites (tertiary alicyclic amines) is 1. The molecule has 5 bridgehead atoms. The second-order valence-electron chi connectivity index (χ2n) is 17.1. The van der Waals surface area contributed by atoms with Gasteiger partial charge < -0.3 is 29.3 Å². The van der Waals surface area contributed by atoms with E-state index in [1.807, 2.05) is 93.6 Å². The smallest absolute Gasteiger partial charge is 0.313 e. The van der Waals surface area contributed by atoms with Gasteiger partial charge in [0.05, 0.1) is 24.6 Å². The van der Waals surface area contributed by atoms with E-state index in [2.05, 4.69) is 36.7 Å². The van der Waals surface area contributed by atoms with Gasteiger partial charge in [-0.2, -0.15) is 0 Å². The van der Waals surface area contributed by atoms with Crippen LogP contribution in [0, 0.1) is 17.3 Å². The molecule has 0 aromatic heterocycles. The van der Waals surface area contributed by atoms with Crippen molar-refractivity contribution in [3.63, 3.8) is 0 Å². The normalized spacial score (nSPS) is 30.7. The summed E-state index contributed by atoms with van der Waals surface area (Å²) in [6.07, 6.45) is 5.53. The Hall–Kier alpha value is -3.80. The summed E-state index contributed by atoms with van der Waals surface area (Å²) in [6, 6.07) is 16.3. The van der Waals surface area contributed by atoms with Crippen molar-refractivity contribution in [3.8, 4) is 0 Å². The summed E-state index contributed by atoms with van der Waals surface area (Å²) in [6.45, 7) is 12.1. The first-order valence-corrected chi connectivity index (χ1v) is 19.8. The molecule has 0 unspecified atom stereocenters. The van der Waals surface area contributed by atoms with Gasteiger partial charge in [-0.1, -0.05) is 110 Å². The lowest BCUT2D eigenvalue weighted by atomic mass is 9.74. The van der Waals surface area contributed by atoms with E-state index < -0.39 is 71.8 Å². The van der Waals surface area contributed by atoms with Crippen LogP contribution in [0.1, 0.15) is 78.0 Å². The van der Waals surface area contributed by atoms with Crippen LogP contribution in [0.15, 0.2) is 83.4 Å². The number of fused-ring (bicyclic) bond motifs is 2. The van der Waals surface area contributed by atoms with Gasteiger partial charge in [-0.3, -0.25) is 19.2 Å². The molecule has 290 valence electrons. The molecular weight excluding hydrogens is 750 g/mol. The molecule has 1 spiro atoms. The first kappa shape index (κ1) is 39.9. The summed E-state index contributed by atoms with van der Waals surface area (Å²) in [7, 11) is 1.71. The molecule has 8 atom stereocenters. The highest BCUT2D eigenvalue weighted by molar-refractivity contribution is 9.11. The number of ether oxygens (including phenoxy) is 2. The molecule has 3 amide bonds. The Labute approximate surface area is 327 Å². The molecule has 0 aliphatic carbocycles. The van der Waals surface area contributed by atoms with Gasteiger partial charge in [-0.05, 0) is 62.7 Å². The number of carbonyl (C=O) groups is 4. The molecule has 4 aliphatic heterocycles. The molecular formula is C43H54BrN3O7. The predicted molar refractivity (Wildman–Crippen MR) is 209 cm³/mol. The van der Waals surface area contributed by atoms with Crippen LogP contribution in [-0.2, 0) is 35.1 Å². The molecule has 4 heterocycles. The molecule has 6 rings (SSSR count). The zero-order valence-electron chi connectivity index (χ0n) is 32.4. The van der Waals surface area contributed by atoms with Gasteiger partial charge in [0.15, 0.2) is 0 Å². The zero-order valence-corrected chi connectivity index (χ0v) is 34.0. The van der Waals surface area contributed by atoms with Crippen LogP contribution in [0.3, 0.4) is 0 Å². The lowest BCUT2D eigenvalue weighted by molar-refractivity contribution is -0.164. The van der Waals surface area contributed by atoms with E-state index in [4.69, 9.17) is 9.47 Å². The highest BCUT2D eigenvalue weighted by Gasteiger charge is 2.76. The number of benzene rings is 2. The van der Waals surface area contributed by atoms with E-state index in [1.165, 1.54) is 4.90 Å². The third kappa shape index (κ3) is 7.43. The fourth-order valence-electron chi connectivity index (χ4n) is 9.31. The molecule has 0 saturated carbocycles. The van der Waals surface area contributed by atoms with Crippen molar-refractivity contribution in [2.24, 2.45) is 17.3 Å². The van der Waals surface area contributed by atoms with E-state index in [-0.39, 0.29) is 30.2 Å². The fourth-order valence-corrected chi connectivity index (χ4v) is 10.1. The number of aliphatic hydroxyl groups is 1. The van der Waals surface area contributed by atoms with Crippen molar-refractivity contribution in [1.29, 1.82) is 0 Å². The van der Waals surface area contributed by atoms with Gasteiger partial charge in [0.2, 0.25) is 17.7 Å². The molecule has 10 nitrogen and oxygen atoms in total. The van der Waals surface area contributed by atoms with Gasteiger partial charge in [0.1, 0.15) is 29.8 Å². The first-order chi connectivity index (χ1) is 25.5. The second kappa shape index (κ2) is 15.4. The summed E-state index contributed by atoms with van der Waals surface area (Å²) < 4.78 is 13.8. The van der Waals surface area contributed by atoms with Gasteiger partial charge in [-0.25, -0.2) is 0 Å². The van der Waals surface area contributed by atoms with Crippen LogP contribution in [0.5, 0.6) is 0 Å². The second-order valence-corrected chi connectivity index (χ2v) is 18.0. The van der Waals surface area contributed by atoms with Crippen molar-refractivity contribution in [1.82, 2.24) is 14.7 Å². The van der Waals surface area contributed by atoms with E-state index >= 15 is 9.59 Å². The van der Waals surface area contributed by atoms with Crippen molar-refractivity contribution in [3.05, 3.63) is 94.5 Å². The number of hydrogen-bond donors (Lipinski definition) is 1. The topological polar surface area (TPSA) is 117 Å². The van der Waals surface area contributed by atoms with Crippen LogP contribution in [0.25, 0.3) is 0 Å². The summed E-state index contributed by atoms with van der Waals surface area (Å²) in [5.41, 5.74) is -0.762. The maximum atomic E-state index is 15.6. The number of allylic oxidation sites excluding steroid dienone is 1. The monoisotopic (exact) mass is 803 g/mol. The van der Waals surface area contributed by atoms with Crippen LogP contribution < -0.4 is 0 Å². The SMILES string of the molecule is C[C@@H]1[C@@H](c2ccccc2)OC(=O)[C@@H]2[C@H]3O[C@@]4(C=C3Br)[C@H](C(=O)N(C(C)(C)CC(C)(C)C)C/C=C\CCC(=O)N1C)N([C@@H](CO)Cc1ccccc1)C(=O)[C@@H]24. The summed E-state index contributed by atoms with van der Waals surface area (Å²) in [5.74, 6) is -3.73. The number of nitrogens with zero attached hydrogens (tertiary/aromatic N) is 3. The largest absolute Gasteiger partial charge is 0.455 e. The van der Waals surface area contributed by atoms with Crippen LogP contribution in [-0.4, -0.2) is 99.1 Å². The third-order valence-electron chi connectivity index (χ3n) is 11.5. The maximum Gasteiger partial charge on any atom is 0.313 e. The van der Waals surface area contributed by atoms with E-state index in [0.717, 1.165) is 5.56 Å². The summed E-state index contributed by atoms with van der Waals surface area (Å²) in [4.78, 5) is 63.9. The number of likely N-dealkylation sites (N-methyl/N-ethyl adjacent to an activating group) is 1. The van der Waals surface area contributed by atoms with Crippen molar-refractivity contribution in [2.75, 3.05) is 20.2 Å². The number of amides is 3. The van der Waals surface area contributed by atoms with Crippen molar-refractivity contribution < 1.29 is 33.8 Å². The van der Waals surface area contributed by atoms with Gasteiger partial charge in [-0.15, -0.1) is 0 Å². The average Bonchev–Trinajstić information content (AvgIpc) is 3.72. The number of halogens is 1. The van der Waals surface area contributed by atoms with Crippen molar-refractivity contribution in [2.45, 2.75) is 109 Å². The lowest BCUT2D eigenvalue weighted by Crippen LogP contribution is -2.62. The van der Waals surface area contributed by atoms with Gasteiger partial charge >= 0.3 is 5.97 Å². The zero-order chi connectivity index (χ0) is 39.2. The Bertz CT molecular complexity index is 1790. The number of rotatable bonds is 7. The Morgan fingerprint density at radius 1 is 0.926 bits per heavy atom. The molecule has 2 fully saturated rings. The number of hydrogen-bond acceptors (Lipinski definition) is 7. The molecule has 11 heteroatoms. The highest BCUT2D eigenvalue weighted by Crippen LogP contribution is 2.59. The average molecular weight is 805 g/mol. The minimum absolute atomic E-state index is 0.110.